The minimum absolute atomic E-state index is 0.177. The van der Waals surface area contributed by atoms with Crippen LogP contribution < -0.4 is 10.6 Å². The molecule has 0 saturated carbocycles. The largest absolute Gasteiger partial charge is 0.478 e. The fourth-order valence-electron chi connectivity index (χ4n) is 4.09. The van der Waals surface area contributed by atoms with Gasteiger partial charge in [0, 0.05) is 16.3 Å². The first kappa shape index (κ1) is 30.8. The predicted octanol–water partition coefficient (Wildman–Crippen LogP) is 9.34. The van der Waals surface area contributed by atoms with Crippen LogP contribution in [0.5, 0.6) is 0 Å². The lowest BCUT2D eigenvalue weighted by Gasteiger charge is -2.19. The fraction of sp³-hybridized carbons (Fsp3) is 0.100. The maximum Gasteiger partial charge on any atom is 0.338 e. The standard InChI is InChI=1S/C30H22Cl4N2O4S/c1-15-7-6-8-16(2)26(15)36-29(38)27(17-9-4-3-5-10-17)41-19-13-11-18(12-14-19)35-28(37)20-21(30(39)40)23(32)25(34)24(33)22(20)31/h3-14,27H,1-2H3,(H,35,37)(H,36,38)(H,39,40). The molecule has 1 unspecified atom stereocenters. The van der Waals surface area contributed by atoms with Gasteiger partial charge in [-0.05, 0) is 54.8 Å². The molecule has 11 heteroatoms. The lowest BCUT2D eigenvalue weighted by atomic mass is 10.1. The molecule has 0 bridgehead atoms. The molecule has 0 aliphatic rings. The van der Waals surface area contributed by atoms with Crippen molar-refractivity contribution in [2.24, 2.45) is 0 Å². The van der Waals surface area contributed by atoms with Gasteiger partial charge < -0.3 is 15.7 Å². The Kier molecular flexibility index (Phi) is 9.89. The van der Waals surface area contributed by atoms with Gasteiger partial charge in [0.1, 0.15) is 5.25 Å². The number of para-hydroxylation sites is 1. The number of benzene rings is 4. The zero-order chi connectivity index (χ0) is 29.8. The van der Waals surface area contributed by atoms with Crippen molar-refractivity contribution in [1.82, 2.24) is 0 Å². The van der Waals surface area contributed by atoms with Crippen molar-refractivity contribution < 1.29 is 19.5 Å². The van der Waals surface area contributed by atoms with E-state index in [1.807, 2.05) is 62.4 Å². The minimum Gasteiger partial charge on any atom is -0.478 e. The summed E-state index contributed by atoms with van der Waals surface area (Å²) in [5, 5.41) is 13.5. The minimum atomic E-state index is -1.49. The Morgan fingerprint density at radius 3 is 1.83 bits per heavy atom. The molecule has 0 heterocycles. The topological polar surface area (TPSA) is 95.5 Å². The molecule has 41 heavy (non-hydrogen) atoms. The van der Waals surface area contributed by atoms with Crippen molar-refractivity contribution in [1.29, 1.82) is 0 Å². The molecule has 0 radical (unpaired) electrons. The lowest BCUT2D eigenvalue weighted by molar-refractivity contribution is -0.115. The van der Waals surface area contributed by atoms with E-state index in [1.54, 1.807) is 24.3 Å². The summed E-state index contributed by atoms with van der Waals surface area (Å²) >= 11 is 25.6. The number of carbonyl (C=O) groups excluding carboxylic acids is 2. The normalized spacial score (nSPS) is 11.6. The van der Waals surface area contributed by atoms with Crippen molar-refractivity contribution in [2.45, 2.75) is 24.0 Å². The molecule has 2 amide bonds. The molecule has 4 aromatic carbocycles. The molecule has 4 rings (SSSR count). The van der Waals surface area contributed by atoms with E-state index in [-0.39, 0.29) is 21.0 Å². The maximum absolute atomic E-state index is 13.5. The van der Waals surface area contributed by atoms with E-state index in [2.05, 4.69) is 10.6 Å². The van der Waals surface area contributed by atoms with Crippen molar-refractivity contribution in [3.05, 3.63) is 121 Å². The van der Waals surface area contributed by atoms with E-state index in [4.69, 9.17) is 46.4 Å². The number of hydrogen-bond donors (Lipinski definition) is 3. The fourth-order valence-corrected chi connectivity index (χ4v) is 6.14. The number of anilines is 2. The molecule has 0 saturated heterocycles. The van der Waals surface area contributed by atoms with E-state index in [9.17, 15) is 19.5 Å². The van der Waals surface area contributed by atoms with E-state index in [0.717, 1.165) is 27.3 Å². The zero-order valence-electron chi connectivity index (χ0n) is 21.6. The molecule has 0 aliphatic heterocycles. The summed E-state index contributed by atoms with van der Waals surface area (Å²) in [7, 11) is 0. The number of hydrogen-bond acceptors (Lipinski definition) is 4. The number of halogens is 4. The molecule has 3 N–H and O–H groups in total. The number of nitrogens with one attached hydrogen (secondary N) is 2. The number of aryl methyl sites for hydroxylation is 2. The third-order valence-electron chi connectivity index (χ3n) is 6.14. The molecule has 0 aliphatic carbocycles. The summed E-state index contributed by atoms with van der Waals surface area (Å²) in [4.78, 5) is 39.2. The average Bonchev–Trinajstić information content (AvgIpc) is 2.95. The van der Waals surface area contributed by atoms with Crippen LogP contribution in [0.15, 0.2) is 77.7 Å². The van der Waals surface area contributed by atoms with Crippen LogP contribution in [-0.4, -0.2) is 22.9 Å². The summed E-state index contributed by atoms with van der Waals surface area (Å²) in [5.41, 5.74) is 2.91. The number of carboxylic acids is 1. The van der Waals surface area contributed by atoms with Crippen LogP contribution in [0.2, 0.25) is 20.1 Å². The van der Waals surface area contributed by atoms with Gasteiger partial charge in [-0.3, -0.25) is 9.59 Å². The van der Waals surface area contributed by atoms with Gasteiger partial charge in [0.2, 0.25) is 5.91 Å². The number of rotatable bonds is 8. The van der Waals surface area contributed by atoms with E-state index < -0.39 is 33.3 Å². The zero-order valence-corrected chi connectivity index (χ0v) is 25.4. The van der Waals surface area contributed by atoms with Crippen LogP contribution in [0.3, 0.4) is 0 Å². The molecule has 0 spiro atoms. The monoisotopic (exact) mass is 646 g/mol. The van der Waals surface area contributed by atoms with Crippen molar-refractivity contribution in [2.75, 3.05) is 10.6 Å². The Morgan fingerprint density at radius 1 is 0.707 bits per heavy atom. The molecule has 0 aromatic heterocycles. The van der Waals surface area contributed by atoms with Gasteiger partial charge in [-0.1, -0.05) is 94.9 Å². The van der Waals surface area contributed by atoms with Gasteiger partial charge in [-0.25, -0.2) is 4.79 Å². The average molecular weight is 648 g/mol. The van der Waals surface area contributed by atoms with Gasteiger partial charge in [-0.2, -0.15) is 0 Å². The van der Waals surface area contributed by atoms with Gasteiger partial charge in [0.15, 0.2) is 0 Å². The van der Waals surface area contributed by atoms with Gasteiger partial charge in [0.05, 0.1) is 31.2 Å². The highest BCUT2D eigenvalue weighted by Crippen LogP contribution is 2.42. The molecular weight excluding hydrogens is 626 g/mol. The smallest absolute Gasteiger partial charge is 0.338 e. The third kappa shape index (κ3) is 6.83. The number of carbonyl (C=O) groups is 3. The number of carboxylic acid groups (broad SMARTS) is 1. The summed E-state index contributed by atoms with van der Waals surface area (Å²) in [5.74, 6) is -2.50. The van der Waals surface area contributed by atoms with Crippen LogP contribution in [-0.2, 0) is 4.79 Å². The van der Waals surface area contributed by atoms with Gasteiger partial charge in [0.25, 0.3) is 5.91 Å². The van der Waals surface area contributed by atoms with Crippen LogP contribution in [0, 0.1) is 13.8 Å². The molecule has 1 atom stereocenters. The van der Waals surface area contributed by atoms with Gasteiger partial charge in [-0.15, -0.1) is 11.8 Å². The highest BCUT2D eigenvalue weighted by molar-refractivity contribution is 8.00. The van der Waals surface area contributed by atoms with Crippen LogP contribution in [0.1, 0.15) is 42.7 Å². The first-order valence-corrected chi connectivity index (χ1v) is 14.5. The van der Waals surface area contributed by atoms with Crippen molar-refractivity contribution in [3.8, 4) is 0 Å². The molecule has 0 fully saturated rings. The summed E-state index contributed by atoms with van der Waals surface area (Å²) in [6, 6.07) is 22.0. The van der Waals surface area contributed by atoms with E-state index in [1.165, 1.54) is 11.8 Å². The van der Waals surface area contributed by atoms with E-state index >= 15 is 0 Å². The number of thioether (sulfide) groups is 1. The van der Waals surface area contributed by atoms with Gasteiger partial charge >= 0.3 is 5.97 Å². The van der Waals surface area contributed by atoms with Crippen molar-refractivity contribution >= 4 is 87.3 Å². The first-order valence-electron chi connectivity index (χ1n) is 12.1. The molecular formula is C30H22Cl4N2O4S. The Hall–Kier alpha value is -3.20. The number of aromatic carboxylic acids is 1. The first-order chi connectivity index (χ1) is 19.5. The highest BCUT2D eigenvalue weighted by Gasteiger charge is 2.29. The Bertz CT molecular complexity index is 1630. The van der Waals surface area contributed by atoms with Crippen LogP contribution in [0.4, 0.5) is 11.4 Å². The summed E-state index contributed by atoms with van der Waals surface area (Å²) in [6.07, 6.45) is 0. The van der Waals surface area contributed by atoms with Crippen LogP contribution in [0.25, 0.3) is 0 Å². The molecule has 210 valence electrons. The second-order valence-electron chi connectivity index (χ2n) is 8.95. The summed E-state index contributed by atoms with van der Waals surface area (Å²) in [6.45, 7) is 3.89. The Labute approximate surface area is 261 Å². The highest BCUT2D eigenvalue weighted by atomic mass is 35.5. The van der Waals surface area contributed by atoms with Crippen LogP contribution >= 0.6 is 58.2 Å². The SMILES string of the molecule is Cc1cccc(C)c1NC(=O)C(Sc1ccc(NC(=O)c2c(Cl)c(Cl)c(Cl)c(Cl)c2C(=O)O)cc1)c1ccccc1. The predicted molar refractivity (Wildman–Crippen MR) is 167 cm³/mol. The second kappa shape index (κ2) is 13.2. The van der Waals surface area contributed by atoms with Crippen molar-refractivity contribution in [3.63, 3.8) is 0 Å². The Morgan fingerprint density at radius 2 is 1.27 bits per heavy atom. The second-order valence-corrected chi connectivity index (χ2v) is 11.6. The third-order valence-corrected chi connectivity index (χ3v) is 9.21. The maximum atomic E-state index is 13.5. The number of amides is 2. The molecule has 4 aromatic rings. The summed E-state index contributed by atoms with van der Waals surface area (Å²) < 4.78 is 0. The Balaban J connectivity index is 1.58. The van der Waals surface area contributed by atoms with E-state index in [0.29, 0.717) is 5.69 Å². The quantitative estimate of drug-likeness (QED) is 0.101. The lowest BCUT2D eigenvalue weighted by Crippen LogP contribution is -2.20. The molecule has 6 nitrogen and oxygen atoms in total.